The first-order valence-corrected chi connectivity index (χ1v) is 6.57. The first kappa shape index (κ1) is 11.8. The van der Waals surface area contributed by atoms with Crippen LogP contribution in [0.5, 0.6) is 0 Å². The number of hydrogen-bond acceptors (Lipinski definition) is 2. The van der Waals surface area contributed by atoms with E-state index in [0.717, 1.165) is 19.4 Å². The Morgan fingerprint density at radius 2 is 1.71 bits per heavy atom. The summed E-state index contributed by atoms with van der Waals surface area (Å²) < 4.78 is 37.7. The summed E-state index contributed by atoms with van der Waals surface area (Å²) in [5.74, 6) is 1.14. The number of alkyl halides is 3. The molecule has 1 aliphatic heterocycles. The Labute approximate surface area is 99.5 Å². The molecule has 0 aromatic rings. The average molecular weight is 248 g/mol. The molecule has 2 unspecified atom stereocenters. The first-order valence-electron chi connectivity index (χ1n) is 6.57. The summed E-state index contributed by atoms with van der Waals surface area (Å²) in [6, 6.07) is 0.416. The molecule has 1 N–H and O–H groups in total. The third-order valence-corrected chi connectivity index (χ3v) is 4.23. The zero-order valence-corrected chi connectivity index (χ0v) is 9.84. The molecule has 17 heavy (non-hydrogen) atoms. The van der Waals surface area contributed by atoms with Gasteiger partial charge in [0.2, 0.25) is 0 Å². The smallest absolute Gasteiger partial charge is 0.311 e. The summed E-state index contributed by atoms with van der Waals surface area (Å²) in [4.78, 5) is 1.69. The Kier molecular flexibility index (Phi) is 2.86. The largest absolute Gasteiger partial charge is 0.401 e. The van der Waals surface area contributed by atoms with Crippen LogP contribution in [0, 0.1) is 11.8 Å². The minimum atomic E-state index is -4.06. The molecule has 5 heteroatoms. The zero-order valence-electron chi connectivity index (χ0n) is 9.84. The SMILES string of the molecule is FC(F)(F)CN1CC(C2CC2)NCC1C1CC1. The number of halogens is 3. The molecule has 0 radical (unpaired) electrons. The Hall–Kier alpha value is -0.290. The molecule has 1 heterocycles. The van der Waals surface area contributed by atoms with Gasteiger partial charge in [-0.25, -0.2) is 0 Å². The fourth-order valence-corrected chi connectivity index (χ4v) is 3.03. The minimum Gasteiger partial charge on any atom is -0.311 e. The summed E-state index contributed by atoms with van der Waals surface area (Å²) >= 11 is 0. The minimum absolute atomic E-state index is 0.117. The van der Waals surface area contributed by atoms with Crippen LogP contribution in [0.15, 0.2) is 0 Å². The number of rotatable bonds is 3. The van der Waals surface area contributed by atoms with Crippen molar-refractivity contribution < 1.29 is 13.2 Å². The Morgan fingerprint density at radius 3 is 2.24 bits per heavy atom. The second kappa shape index (κ2) is 4.12. The molecule has 0 aromatic heterocycles. The standard InChI is InChI=1S/C12H19F3N2/c13-12(14,15)7-17-6-10(8-1-2-8)16-5-11(17)9-3-4-9/h8-11,16H,1-7H2. The lowest BCUT2D eigenvalue weighted by atomic mass is 10.0. The average Bonchev–Trinajstić information content (AvgIpc) is 3.10. The van der Waals surface area contributed by atoms with Crippen LogP contribution in [-0.2, 0) is 0 Å². The van der Waals surface area contributed by atoms with Crippen LogP contribution in [0.4, 0.5) is 13.2 Å². The molecule has 2 atom stereocenters. The molecule has 0 bridgehead atoms. The van der Waals surface area contributed by atoms with Gasteiger partial charge in [-0.3, -0.25) is 4.90 Å². The molecule has 1 saturated heterocycles. The van der Waals surface area contributed by atoms with Gasteiger partial charge in [0.05, 0.1) is 6.54 Å². The topological polar surface area (TPSA) is 15.3 Å². The van der Waals surface area contributed by atoms with E-state index in [-0.39, 0.29) is 6.04 Å². The molecule has 2 nitrogen and oxygen atoms in total. The van der Waals surface area contributed by atoms with Crippen LogP contribution in [0.3, 0.4) is 0 Å². The maximum atomic E-state index is 12.6. The molecular formula is C12H19F3N2. The predicted octanol–water partition coefficient (Wildman–Crippen LogP) is 2.01. The Balaban J connectivity index is 1.64. The molecule has 0 aromatic carbocycles. The van der Waals surface area contributed by atoms with Crippen molar-refractivity contribution in [2.24, 2.45) is 11.8 Å². The van der Waals surface area contributed by atoms with E-state index in [0.29, 0.717) is 24.4 Å². The number of piperazine rings is 1. The molecule has 2 aliphatic carbocycles. The van der Waals surface area contributed by atoms with E-state index in [4.69, 9.17) is 0 Å². The highest BCUT2D eigenvalue weighted by Gasteiger charge is 2.45. The summed E-state index contributed by atoms with van der Waals surface area (Å²) in [6.07, 6.45) is 0.527. The fraction of sp³-hybridized carbons (Fsp3) is 1.00. The van der Waals surface area contributed by atoms with Crippen molar-refractivity contribution in [1.82, 2.24) is 10.2 Å². The number of nitrogens with zero attached hydrogens (tertiary/aromatic N) is 1. The van der Waals surface area contributed by atoms with Crippen molar-refractivity contribution >= 4 is 0 Å². The van der Waals surface area contributed by atoms with Gasteiger partial charge < -0.3 is 5.32 Å². The van der Waals surface area contributed by atoms with Crippen molar-refractivity contribution in [3.8, 4) is 0 Å². The second-order valence-corrected chi connectivity index (χ2v) is 5.80. The van der Waals surface area contributed by atoms with Crippen molar-refractivity contribution in [3.05, 3.63) is 0 Å². The van der Waals surface area contributed by atoms with Gasteiger partial charge in [-0.2, -0.15) is 13.2 Å². The normalized spacial score (nSPS) is 36.2. The van der Waals surface area contributed by atoms with Gasteiger partial charge in [-0.1, -0.05) is 0 Å². The van der Waals surface area contributed by atoms with Crippen LogP contribution >= 0.6 is 0 Å². The molecule has 0 spiro atoms. The monoisotopic (exact) mass is 248 g/mol. The quantitative estimate of drug-likeness (QED) is 0.822. The third kappa shape index (κ3) is 2.94. The van der Waals surface area contributed by atoms with E-state index in [1.165, 1.54) is 12.8 Å². The zero-order chi connectivity index (χ0) is 12.0. The van der Waals surface area contributed by atoms with Crippen molar-refractivity contribution in [2.75, 3.05) is 19.6 Å². The maximum absolute atomic E-state index is 12.6. The highest BCUT2D eigenvalue weighted by Crippen LogP contribution is 2.40. The van der Waals surface area contributed by atoms with Gasteiger partial charge in [0, 0.05) is 25.2 Å². The van der Waals surface area contributed by atoms with Gasteiger partial charge in [0.15, 0.2) is 0 Å². The molecule has 98 valence electrons. The lowest BCUT2D eigenvalue weighted by Gasteiger charge is -2.41. The number of nitrogens with one attached hydrogen (secondary N) is 1. The van der Waals surface area contributed by atoms with Gasteiger partial charge in [0.25, 0.3) is 0 Å². The summed E-state index contributed by atoms with van der Waals surface area (Å²) in [7, 11) is 0. The van der Waals surface area contributed by atoms with Crippen LogP contribution in [0.25, 0.3) is 0 Å². The third-order valence-electron chi connectivity index (χ3n) is 4.23. The maximum Gasteiger partial charge on any atom is 0.401 e. The lowest BCUT2D eigenvalue weighted by molar-refractivity contribution is -0.155. The van der Waals surface area contributed by atoms with E-state index in [1.54, 1.807) is 4.90 Å². The van der Waals surface area contributed by atoms with Gasteiger partial charge in [-0.15, -0.1) is 0 Å². The summed E-state index contributed by atoms with van der Waals surface area (Å²) in [5, 5.41) is 3.46. The Morgan fingerprint density at radius 1 is 1.06 bits per heavy atom. The van der Waals surface area contributed by atoms with E-state index in [2.05, 4.69) is 5.32 Å². The van der Waals surface area contributed by atoms with Crippen LogP contribution in [0.1, 0.15) is 25.7 Å². The molecule has 3 fully saturated rings. The van der Waals surface area contributed by atoms with E-state index in [9.17, 15) is 13.2 Å². The number of hydrogen-bond donors (Lipinski definition) is 1. The lowest BCUT2D eigenvalue weighted by Crippen LogP contribution is -2.59. The molecule has 0 amide bonds. The summed E-state index contributed by atoms with van der Waals surface area (Å²) in [6.45, 7) is 0.617. The van der Waals surface area contributed by atoms with Crippen molar-refractivity contribution in [1.29, 1.82) is 0 Å². The van der Waals surface area contributed by atoms with Gasteiger partial charge in [-0.05, 0) is 37.5 Å². The highest BCUT2D eigenvalue weighted by molar-refractivity contribution is 4.99. The van der Waals surface area contributed by atoms with Crippen molar-refractivity contribution in [2.45, 2.75) is 43.9 Å². The fourth-order valence-electron chi connectivity index (χ4n) is 3.03. The van der Waals surface area contributed by atoms with E-state index in [1.807, 2.05) is 0 Å². The molecular weight excluding hydrogens is 229 g/mol. The highest BCUT2D eigenvalue weighted by atomic mass is 19.4. The van der Waals surface area contributed by atoms with Gasteiger partial charge in [0.1, 0.15) is 0 Å². The Bertz CT molecular complexity index is 284. The molecule has 3 aliphatic rings. The first-order chi connectivity index (χ1) is 8.03. The van der Waals surface area contributed by atoms with E-state index >= 15 is 0 Å². The van der Waals surface area contributed by atoms with Crippen LogP contribution in [0.2, 0.25) is 0 Å². The van der Waals surface area contributed by atoms with Crippen LogP contribution in [-0.4, -0.2) is 42.8 Å². The molecule has 3 rings (SSSR count). The van der Waals surface area contributed by atoms with E-state index < -0.39 is 12.7 Å². The predicted molar refractivity (Wildman–Crippen MR) is 58.7 cm³/mol. The van der Waals surface area contributed by atoms with Gasteiger partial charge >= 0.3 is 6.18 Å². The molecule has 2 saturated carbocycles. The second-order valence-electron chi connectivity index (χ2n) is 5.80. The van der Waals surface area contributed by atoms with Crippen LogP contribution < -0.4 is 5.32 Å². The van der Waals surface area contributed by atoms with Crippen molar-refractivity contribution in [3.63, 3.8) is 0 Å². The summed E-state index contributed by atoms with van der Waals surface area (Å²) in [5.41, 5.74) is 0.